The van der Waals surface area contributed by atoms with Crippen molar-refractivity contribution in [1.82, 2.24) is 24.7 Å². The summed E-state index contributed by atoms with van der Waals surface area (Å²) in [6.07, 6.45) is 4.89. The van der Waals surface area contributed by atoms with Crippen molar-refractivity contribution in [2.45, 2.75) is 26.3 Å². The summed E-state index contributed by atoms with van der Waals surface area (Å²) < 4.78 is 22.0. The lowest BCUT2D eigenvalue weighted by Gasteiger charge is -2.15. The molecule has 1 aliphatic heterocycles. The van der Waals surface area contributed by atoms with Gasteiger partial charge in [0, 0.05) is 18.3 Å². The fraction of sp³-hybridized carbons (Fsp3) is 0.208. The number of hydrogen-bond donors (Lipinski definition) is 1. The van der Waals surface area contributed by atoms with Crippen LogP contribution in [-0.4, -0.2) is 37.2 Å². The molecule has 0 atom stereocenters. The lowest BCUT2D eigenvalue weighted by molar-refractivity contribution is 0.102. The molecule has 8 nitrogen and oxygen atoms in total. The van der Waals surface area contributed by atoms with Crippen molar-refractivity contribution in [2.75, 3.05) is 11.9 Å². The van der Waals surface area contributed by atoms with Gasteiger partial charge in [0.25, 0.3) is 5.91 Å². The highest BCUT2D eigenvalue weighted by molar-refractivity contribution is 6.06. The van der Waals surface area contributed by atoms with Crippen LogP contribution in [0, 0.1) is 12.7 Å². The number of amides is 1. The highest BCUT2D eigenvalue weighted by Gasteiger charge is 2.18. The zero-order valence-corrected chi connectivity index (χ0v) is 18.0. The van der Waals surface area contributed by atoms with Crippen molar-refractivity contribution in [1.29, 1.82) is 0 Å². The number of aryl methyl sites for hydroxylation is 2. The van der Waals surface area contributed by atoms with Crippen LogP contribution in [0.5, 0.6) is 5.75 Å². The second-order valence-corrected chi connectivity index (χ2v) is 7.77. The number of halogens is 1. The molecule has 0 aliphatic carbocycles. The van der Waals surface area contributed by atoms with E-state index in [9.17, 15) is 9.18 Å². The van der Waals surface area contributed by atoms with Crippen LogP contribution in [0.25, 0.3) is 22.6 Å². The van der Waals surface area contributed by atoms with Crippen molar-refractivity contribution >= 4 is 11.7 Å². The number of ether oxygens (including phenoxy) is 1. The molecule has 1 amide bonds. The number of benzene rings is 1. The minimum atomic E-state index is -0.401. The SMILES string of the molecule is Cc1ncc(-c2ccc3c(c2)C(=O)Nc2cccc(n2)-c2nncn2CCCCO3)cc1F. The van der Waals surface area contributed by atoms with Gasteiger partial charge in [0.05, 0.1) is 17.9 Å². The molecule has 3 aromatic heterocycles. The first-order valence-corrected chi connectivity index (χ1v) is 10.6. The fourth-order valence-electron chi connectivity index (χ4n) is 3.67. The van der Waals surface area contributed by atoms with E-state index in [2.05, 4.69) is 25.5 Å². The van der Waals surface area contributed by atoms with Crippen molar-refractivity contribution < 1.29 is 13.9 Å². The number of pyridine rings is 2. The van der Waals surface area contributed by atoms with Gasteiger partial charge < -0.3 is 14.6 Å². The molecule has 166 valence electrons. The van der Waals surface area contributed by atoms with Crippen LogP contribution < -0.4 is 10.1 Å². The fourth-order valence-corrected chi connectivity index (χ4v) is 3.67. The zero-order chi connectivity index (χ0) is 22.8. The number of aromatic nitrogens is 5. The van der Waals surface area contributed by atoms with Gasteiger partial charge in [-0.05, 0) is 55.7 Å². The first-order valence-electron chi connectivity index (χ1n) is 10.6. The number of rotatable bonds is 1. The Morgan fingerprint density at radius 3 is 2.91 bits per heavy atom. The van der Waals surface area contributed by atoms with Crippen LogP contribution >= 0.6 is 0 Å². The number of hydrogen-bond acceptors (Lipinski definition) is 6. The third-order valence-corrected chi connectivity index (χ3v) is 5.47. The van der Waals surface area contributed by atoms with Crippen LogP contribution in [0.1, 0.15) is 28.9 Å². The predicted octanol–water partition coefficient (Wildman–Crippen LogP) is 4.27. The van der Waals surface area contributed by atoms with Crippen LogP contribution in [-0.2, 0) is 6.54 Å². The zero-order valence-electron chi connectivity index (χ0n) is 18.0. The number of anilines is 1. The highest BCUT2D eigenvalue weighted by Crippen LogP contribution is 2.29. The maximum Gasteiger partial charge on any atom is 0.260 e. The number of carbonyl (C=O) groups excluding carboxylic acids is 1. The molecule has 2 bridgehead atoms. The van der Waals surface area contributed by atoms with E-state index in [0.717, 1.165) is 19.4 Å². The number of nitrogens with zero attached hydrogens (tertiary/aromatic N) is 5. The molecule has 0 saturated heterocycles. The standard InChI is InChI=1S/C24H21FN6O2/c1-15-19(25)12-17(13-26-15)16-7-8-21-18(11-16)24(32)29-22-6-4-5-20(28-22)23-30-27-14-31(23)9-2-3-10-33-21/h4-8,11-14H,2-3,9-10H2,1H3,(H,28,29,32). The van der Waals surface area contributed by atoms with Gasteiger partial charge in [-0.2, -0.15) is 0 Å². The molecule has 0 spiro atoms. The third-order valence-electron chi connectivity index (χ3n) is 5.47. The van der Waals surface area contributed by atoms with Crippen LogP contribution in [0.4, 0.5) is 10.2 Å². The minimum Gasteiger partial charge on any atom is -0.493 e. The van der Waals surface area contributed by atoms with Gasteiger partial charge in [0.1, 0.15) is 29.4 Å². The summed E-state index contributed by atoms with van der Waals surface area (Å²) in [6.45, 7) is 2.77. The molecule has 1 N–H and O–H groups in total. The van der Waals surface area contributed by atoms with Gasteiger partial charge in [0.2, 0.25) is 0 Å². The molecule has 4 heterocycles. The maximum atomic E-state index is 14.1. The van der Waals surface area contributed by atoms with E-state index < -0.39 is 5.82 Å². The van der Waals surface area contributed by atoms with Gasteiger partial charge in [-0.25, -0.2) is 9.37 Å². The van der Waals surface area contributed by atoms with E-state index in [1.54, 1.807) is 49.8 Å². The van der Waals surface area contributed by atoms with Crippen molar-refractivity contribution in [3.63, 3.8) is 0 Å². The average Bonchev–Trinajstić information content (AvgIpc) is 3.29. The summed E-state index contributed by atoms with van der Waals surface area (Å²) in [5, 5.41) is 11.0. The van der Waals surface area contributed by atoms with E-state index in [0.29, 0.717) is 52.1 Å². The Kier molecular flexibility index (Phi) is 5.52. The highest BCUT2D eigenvalue weighted by atomic mass is 19.1. The molecule has 0 saturated carbocycles. The molecule has 1 aliphatic rings. The minimum absolute atomic E-state index is 0.319. The number of nitrogens with one attached hydrogen (secondary N) is 1. The van der Waals surface area contributed by atoms with Gasteiger partial charge in [-0.3, -0.25) is 9.78 Å². The molecule has 1 aromatic carbocycles. The summed E-state index contributed by atoms with van der Waals surface area (Å²) in [7, 11) is 0. The van der Waals surface area contributed by atoms with Crippen molar-refractivity contribution in [2.24, 2.45) is 0 Å². The average molecular weight is 444 g/mol. The van der Waals surface area contributed by atoms with Gasteiger partial charge in [-0.1, -0.05) is 12.1 Å². The summed E-state index contributed by atoms with van der Waals surface area (Å²) in [6, 6.07) is 12.0. The first kappa shape index (κ1) is 20.7. The summed E-state index contributed by atoms with van der Waals surface area (Å²) in [4.78, 5) is 21.9. The van der Waals surface area contributed by atoms with Gasteiger partial charge >= 0.3 is 0 Å². The van der Waals surface area contributed by atoms with E-state index in [1.165, 1.54) is 6.07 Å². The van der Waals surface area contributed by atoms with E-state index in [-0.39, 0.29) is 5.91 Å². The van der Waals surface area contributed by atoms with E-state index in [4.69, 9.17) is 4.74 Å². The Morgan fingerprint density at radius 2 is 2.03 bits per heavy atom. The predicted molar refractivity (Wildman–Crippen MR) is 120 cm³/mol. The third kappa shape index (κ3) is 4.30. The van der Waals surface area contributed by atoms with Crippen molar-refractivity contribution in [3.05, 3.63) is 72.1 Å². The Balaban J connectivity index is 1.54. The second kappa shape index (κ2) is 8.78. The molecule has 9 heteroatoms. The number of carbonyl (C=O) groups is 1. The van der Waals surface area contributed by atoms with Crippen LogP contribution in [0.2, 0.25) is 0 Å². The second-order valence-electron chi connectivity index (χ2n) is 7.77. The van der Waals surface area contributed by atoms with Crippen LogP contribution in [0.3, 0.4) is 0 Å². The summed E-state index contributed by atoms with van der Waals surface area (Å²) >= 11 is 0. The first-order chi connectivity index (χ1) is 16.1. The molecular formula is C24H21FN6O2. The number of fused-ring (bicyclic) bond motifs is 5. The topological polar surface area (TPSA) is 94.8 Å². The Morgan fingerprint density at radius 1 is 1.12 bits per heavy atom. The van der Waals surface area contributed by atoms with Crippen LogP contribution in [0.15, 0.2) is 55.0 Å². The largest absolute Gasteiger partial charge is 0.493 e. The summed E-state index contributed by atoms with van der Waals surface area (Å²) in [5.41, 5.74) is 2.51. The smallest absolute Gasteiger partial charge is 0.260 e. The molecule has 0 fully saturated rings. The normalized spacial score (nSPS) is 13.8. The molecule has 5 rings (SSSR count). The van der Waals surface area contributed by atoms with Gasteiger partial charge in [0.15, 0.2) is 5.82 Å². The van der Waals surface area contributed by atoms with E-state index in [1.807, 2.05) is 10.6 Å². The molecule has 33 heavy (non-hydrogen) atoms. The molecule has 4 aromatic rings. The molecular weight excluding hydrogens is 423 g/mol. The summed E-state index contributed by atoms with van der Waals surface area (Å²) in [5.74, 6) is 0.692. The monoisotopic (exact) mass is 444 g/mol. The van der Waals surface area contributed by atoms with Crippen molar-refractivity contribution in [3.8, 4) is 28.4 Å². The quantitative estimate of drug-likeness (QED) is 0.471. The Labute approximate surface area is 189 Å². The molecule has 0 radical (unpaired) electrons. The maximum absolute atomic E-state index is 14.1. The Hall–Kier alpha value is -4.14. The Bertz CT molecular complexity index is 1340. The lowest BCUT2D eigenvalue weighted by atomic mass is 10.0. The van der Waals surface area contributed by atoms with Gasteiger partial charge in [-0.15, -0.1) is 10.2 Å². The van der Waals surface area contributed by atoms with E-state index >= 15 is 0 Å². The lowest BCUT2D eigenvalue weighted by Crippen LogP contribution is -2.16. The molecule has 0 unspecified atom stereocenters.